The van der Waals surface area contributed by atoms with E-state index in [1.807, 2.05) is 6.92 Å². The van der Waals surface area contributed by atoms with Crippen molar-refractivity contribution in [3.05, 3.63) is 34.0 Å². The minimum absolute atomic E-state index is 0.0147. The van der Waals surface area contributed by atoms with Crippen LogP contribution < -0.4 is 5.32 Å². The number of rotatable bonds is 6. The molecule has 24 heavy (non-hydrogen) atoms. The SMILES string of the molecule is COC(=O)c1c(NC(=O)CCn2nccc2C(=O)O)sc(C)c1C. The molecule has 0 bridgehead atoms. The Morgan fingerprint density at radius 3 is 2.71 bits per heavy atom. The molecule has 1 amide bonds. The molecule has 0 aliphatic heterocycles. The van der Waals surface area contributed by atoms with Crippen molar-refractivity contribution in [2.75, 3.05) is 12.4 Å². The van der Waals surface area contributed by atoms with Crippen LogP contribution in [0.1, 0.15) is 37.7 Å². The number of aromatic nitrogens is 2. The second kappa shape index (κ2) is 7.26. The van der Waals surface area contributed by atoms with Crippen LogP contribution in [0.2, 0.25) is 0 Å². The van der Waals surface area contributed by atoms with Crippen LogP contribution in [0.4, 0.5) is 5.00 Å². The lowest BCUT2D eigenvalue weighted by molar-refractivity contribution is -0.116. The first-order valence-electron chi connectivity index (χ1n) is 7.08. The zero-order valence-corrected chi connectivity index (χ0v) is 14.3. The molecular formula is C15H17N3O5S. The summed E-state index contributed by atoms with van der Waals surface area (Å²) in [5.41, 5.74) is 1.13. The van der Waals surface area contributed by atoms with Gasteiger partial charge in [0.05, 0.1) is 19.2 Å². The number of hydrogen-bond donors (Lipinski definition) is 2. The minimum atomic E-state index is -1.11. The molecule has 0 aliphatic rings. The van der Waals surface area contributed by atoms with Crippen molar-refractivity contribution in [1.82, 2.24) is 9.78 Å². The Balaban J connectivity index is 2.08. The van der Waals surface area contributed by atoms with Gasteiger partial charge in [-0.25, -0.2) is 9.59 Å². The summed E-state index contributed by atoms with van der Waals surface area (Å²) in [5, 5.41) is 16.0. The Bertz CT molecular complexity index is 793. The van der Waals surface area contributed by atoms with Crippen LogP contribution in [-0.2, 0) is 16.1 Å². The van der Waals surface area contributed by atoms with Crippen LogP contribution in [0, 0.1) is 13.8 Å². The molecule has 2 heterocycles. The number of anilines is 1. The Kier molecular flexibility index (Phi) is 5.35. The van der Waals surface area contributed by atoms with Crippen molar-refractivity contribution in [2.24, 2.45) is 0 Å². The van der Waals surface area contributed by atoms with Crippen molar-refractivity contribution in [3.8, 4) is 0 Å². The van der Waals surface area contributed by atoms with Crippen LogP contribution in [0.5, 0.6) is 0 Å². The van der Waals surface area contributed by atoms with Gasteiger partial charge in [0.25, 0.3) is 0 Å². The van der Waals surface area contributed by atoms with Gasteiger partial charge in [-0.2, -0.15) is 5.10 Å². The number of aromatic carboxylic acids is 1. The van der Waals surface area contributed by atoms with E-state index in [-0.39, 0.29) is 24.6 Å². The van der Waals surface area contributed by atoms with Gasteiger partial charge in [0, 0.05) is 17.5 Å². The van der Waals surface area contributed by atoms with Crippen molar-refractivity contribution in [1.29, 1.82) is 0 Å². The fourth-order valence-corrected chi connectivity index (χ4v) is 3.22. The lowest BCUT2D eigenvalue weighted by atomic mass is 10.1. The number of methoxy groups -OCH3 is 1. The Labute approximate surface area is 142 Å². The lowest BCUT2D eigenvalue weighted by Crippen LogP contribution is -2.18. The highest BCUT2D eigenvalue weighted by atomic mass is 32.1. The number of amides is 1. The quantitative estimate of drug-likeness (QED) is 0.771. The molecule has 0 atom stereocenters. The van der Waals surface area contributed by atoms with Crippen molar-refractivity contribution < 1.29 is 24.2 Å². The normalized spacial score (nSPS) is 10.5. The Morgan fingerprint density at radius 2 is 2.08 bits per heavy atom. The van der Waals surface area contributed by atoms with Gasteiger partial charge in [0.15, 0.2) is 0 Å². The molecule has 0 radical (unpaired) electrons. The van der Waals surface area contributed by atoms with Gasteiger partial charge in [0.2, 0.25) is 5.91 Å². The number of carboxylic acids is 1. The van der Waals surface area contributed by atoms with Crippen LogP contribution in [0.25, 0.3) is 0 Å². The topological polar surface area (TPSA) is 111 Å². The molecule has 0 aliphatic carbocycles. The van der Waals surface area contributed by atoms with E-state index in [2.05, 4.69) is 10.4 Å². The number of ether oxygens (including phenoxy) is 1. The first-order chi connectivity index (χ1) is 11.3. The Morgan fingerprint density at radius 1 is 1.38 bits per heavy atom. The van der Waals surface area contributed by atoms with Gasteiger partial charge in [-0.3, -0.25) is 9.48 Å². The highest BCUT2D eigenvalue weighted by molar-refractivity contribution is 7.16. The van der Waals surface area contributed by atoms with E-state index in [4.69, 9.17) is 9.84 Å². The monoisotopic (exact) mass is 351 g/mol. The summed E-state index contributed by atoms with van der Waals surface area (Å²) < 4.78 is 5.99. The molecule has 0 fully saturated rings. The molecule has 2 aromatic heterocycles. The van der Waals surface area contributed by atoms with Gasteiger partial charge in [-0.15, -0.1) is 11.3 Å². The maximum absolute atomic E-state index is 12.1. The molecule has 0 spiro atoms. The maximum atomic E-state index is 12.1. The summed E-state index contributed by atoms with van der Waals surface area (Å²) in [6.45, 7) is 3.76. The van der Waals surface area contributed by atoms with Crippen molar-refractivity contribution in [2.45, 2.75) is 26.8 Å². The third-order valence-corrected chi connectivity index (χ3v) is 4.64. The van der Waals surface area contributed by atoms with E-state index in [1.165, 1.54) is 35.4 Å². The number of hydrogen-bond acceptors (Lipinski definition) is 6. The lowest BCUT2D eigenvalue weighted by Gasteiger charge is -2.07. The maximum Gasteiger partial charge on any atom is 0.354 e. The molecule has 8 nitrogen and oxygen atoms in total. The number of carboxylic acid groups (broad SMARTS) is 1. The summed E-state index contributed by atoms with van der Waals surface area (Å²) >= 11 is 1.30. The molecule has 9 heteroatoms. The van der Waals surface area contributed by atoms with Crippen LogP contribution >= 0.6 is 11.3 Å². The number of carbonyl (C=O) groups is 3. The second-order valence-corrected chi connectivity index (χ2v) is 6.25. The summed E-state index contributed by atoms with van der Waals surface area (Å²) in [5.74, 6) is -1.95. The number of carbonyl (C=O) groups excluding carboxylic acids is 2. The number of thiophene rings is 1. The number of nitrogens with one attached hydrogen (secondary N) is 1. The summed E-state index contributed by atoms with van der Waals surface area (Å²) in [6, 6.07) is 1.36. The average Bonchev–Trinajstić information content (AvgIpc) is 3.10. The van der Waals surface area contributed by atoms with Crippen LogP contribution in [0.3, 0.4) is 0 Å². The van der Waals surface area contributed by atoms with Gasteiger partial charge < -0.3 is 15.2 Å². The number of esters is 1. The fraction of sp³-hybridized carbons (Fsp3) is 0.333. The predicted octanol–water partition coefficient (Wildman–Crippen LogP) is 2.08. The predicted molar refractivity (Wildman–Crippen MR) is 87.6 cm³/mol. The van der Waals surface area contributed by atoms with Crippen LogP contribution in [0.15, 0.2) is 12.3 Å². The average molecular weight is 351 g/mol. The van der Waals surface area contributed by atoms with Gasteiger partial charge in [-0.05, 0) is 25.5 Å². The molecule has 0 saturated carbocycles. The van der Waals surface area contributed by atoms with Gasteiger partial charge >= 0.3 is 11.9 Å². The van der Waals surface area contributed by atoms with Crippen molar-refractivity contribution >= 4 is 34.2 Å². The molecule has 0 saturated heterocycles. The van der Waals surface area contributed by atoms with E-state index >= 15 is 0 Å². The van der Waals surface area contributed by atoms with E-state index in [0.29, 0.717) is 10.6 Å². The molecule has 0 unspecified atom stereocenters. The van der Waals surface area contributed by atoms with Gasteiger partial charge in [0.1, 0.15) is 10.7 Å². The highest BCUT2D eigenvalue weighted by Crippen LogP contribution is 2.33. The third kappa shape index (κ3) is 3.62. The second-order valence-electron chi connectivity index (χ2n) is 5.02. The molecule has 128 valence electrons. The third-order valence-electron chi connectivity index (χ3n) is 3.51. The molecule has 2 N–H and O–H groups in total. The first kappa shape index (κ1) is 17.7. The zero-order chi connectivity index (χ0) is 17.9. The highest BCUT2D eigenvalue weighted by Gasteiger charge is 2.21. The minimum Gasteiger partial charge on any atom is -0.477 e. The smallest absolute Gasteiger partial charge is 0.354 e. The largest absolute Gasteiger partial charge is 0.477 e. The summed E-state index contributed by atoms with van der Waals surface area (Å²) in [7, 11) is 1.28. The van der Waals surface area contributed by atoms with E-state index < -0.39 is 11.9 Å². The Hall–Kier alpha value is -2.68. The first-order valence-corrected chi connectivity index (χ1v) is 7.90. The van der Waals surface area contributed by atoms with E-state index in [1.54, 1.807) is 6.92 Å². The molecule has 0 aromatic carbocycles. The summed E-state index contributed by atoms with van der Waals surface area (Å²) in [6.07, 6.45) is 1.39. The number of nitrogens with zero attached hydrogens (tertiary/aromatic N) is 2. The number of aryl methyl sites for hydroxylation is 2. The zero-order valence-electron chi connectivity index (χ0n) is 13.5. The standard InChI is InChI=1S/C15H17N3O5S/c1-8-9(2)24-13(12(8)15(22)23-3)17-11(19)5-7-18-10(14(20)21)4-6-16-18/h4,6H,5,7H2,1-3H3,(H,17,19)(H,20,21). The van der Waals surface area contributed by atoms with Crippen molar-refractivity contribution in [3.63, 3.8) is 0 Å². The summed E-state index contributed by atoms with van der Waals surface area (Å²) in [4.78, 5) is 35.9. The van der Waals surface area contributed by atoms with Gasteiger partial charge in [-0.1, -0.05) is 0 Å². The molecule has 2 rings (SSSR count). The molecular weight excluding hydrogens is 334 g/mol. The van der Waals surface area contributed by atoms with Crippen LogP contribution in [-0.4, -0.2) is 39.8 Å². The van der Waals surface area contributed by atoms with E-state index in [0.717, 1.165) is 10.4 Å². The fourth-order valence-electron chi connectivity index (χ4n) is 2.15. The molecule has 2 aromatic rings. The van der Waals surface area contributed by atoms with E-state index in [9.17, 15) is 14.4 Å².